The Hall–Kier alpha value is -1.06. The summed E-state index contributed by atoms with van der Waals surface area (Å²) < 4.78 is 0. The highest BCUT2D eigenvalue weighted by Crippen LogP contribution is 1.79. The summed E-state index contributed by atoms with van der Waals surface area (Å²) in [5.41, 5.74) is 0. The van der Waals surface area contributed by atoms with Gasteiger partial charge in [-0.3, -0.25) is 9.59 Å². The van der Waals surface area contributed by atoms with E-state index in [2.05, 4.69) is 10.6 Å². The lowest BCUT2D eigenvalue weighted by molar-refractivity contribution is -0.121. The minimum atomic E-state index is 0.0572. The lowest BCUT2D eigenvalue weighted by Crippen LogP contribution is -2.29. The van der Waals surface area contributed by atoms with E-state index in [0.29, 0.717) is 25.9 Å². The molecule has 2 N–H and O–H groups in total. The molecule has 0 aliphatic heterocycles. The van der Waals surface area contributed by atoms with E-state index in [-0.39, 0.29) is 11.8 Å². The zero-order valence-electron chi connectivity index (χ0n) is 12.4. The lowest BCUT2D eigenvalue weighted by Gasteiger charge is -2.04. The molecule has 0 bridgehead atoms. The van der Waals surface area contributed by atoms with Gasteiger partial charge in [0.25, 0.3) is 0 Å². The summed E-state index contributed by atoms with van der Waals surface area (Å²) in [6.45, 7) is 12.9. The first-order valence-corrected chi connectivity index (χ1v) is 6.74. The molecule has 0 heterocycles. The molecule has 0 unspecified atom stereocenters. The minimum absolute atomic E-state index is 0.0572. The predicted molar refractivity (Wildman–Crippen MR) is 73.9 cm³/mol. The number of amides is 2. The third kappa shape index (κ3) is 20.9. The van der Waals surface area contributed by atoms with Gasteiger partial charge in [-0.1, -0.05) is 41.5 Å². The maximum Gasteiger partial charge on any atom is 0.219 e. The van der Waals surface area contributed by atoms with Crippen molar-refractivity contribution in [3.05, 3.63) is 0 Å². The molecule has 0 aliphatic carbocycles. The van der Waals surface area contributed by atoms with E-state index in [0.717, 1.165) is 6.42 Å². The molecule has 0 saturated heterocycles. The first-order valence-electron chi connectivity index (χ1n) is 6.74. The van der Waals surface area contributed by atoms with Crippen LogP contribution in [0.1, 0.15) is 60.8 Å². The molecule has 4 nitrogen and oxygen atoms in total. The van der Waals surface area contributed by atoms with Gasteiger partial charge < -0.3 is 10.6 Å². The molecular formula is C13H30N2O2. The van der Waals surface area contributed by atoms with Gasteiger partial charge in [0.15, 0.2) is 0 Å². The van der Waals surface area contributed by atoms with Crippen LogP contribution in [0.4, 0.5) is 0 Å². The summed E-state index contributed by atoms with van der Waals surface area (Å²) >= 11 is 0. The Morgan fingerprint density at radius 1 is 0.765 bits per heavy atom. The fraction of sp³-hybridized carbons (Fsp3) is 0.846. The van der Waals surface area contributed by atoms with Crippen molar-refractivity contribution >= 4 is 11.8 Å². The second-order valence-electron chi connectivity index (χ2n) is 2.76. The molecule has 0 aromatic heterocycles. The lowest BCUT2D eigenvalue weighted by atomic mass is 10.3. The molecule has 0 aromatic carbocycles. The van der Waals surface area contributed by atoms with Gasteiger partial charge in [-0.25, -0.2) is 0 Å². The van der Waals surface area contributed by atoms with E-state index in [1.165, 1.54) is 0 Å². The minimum Gasteiger partial charge on any atom is -0.356 e. The monoisotopic (exact) mass is 246 g/mol. The van der Waals surface area contributed by atoms with Gasteiger partial charge in [0, 0.05) is 25.9 Å². The van der Waals surface area contributed by atoms with E-state index < -0.39 is 0 Å². The summed E-state index contributed by atoms with van der Waals surface area (Å²) in [6.07, 6.45) is 1.82. The number of nitrogens with one attached hydrogen (secondary N) is 2. The van der Waals surface area contributed by atoms with Crippen LogP contribution in [-0.4, -0.2) is 24.9 Å². The first-order chi connectivity index (χ1) is 8.20. The Morgan fingerprint density at radius 3 is 1.29 bits per heavy atom. The van der Waals surface area contributed by atoms with Crippen molar-refractivity contribution in [3.8, 4) is 0 Å². The molecule has 0 rings (SSSR count). The summed E-state index contributed by atoms with van der Waals surface area (Å²) in [7, 11) is 0. The summed E-state index contributed by atoms with van der Waals surface area (Å²) in [5, 5.41) is 5.47. The summed E-state index contributed by atoms with van der Waals surface area (Å²) in [5.74, 6) is 0.114. The van der Waals surface area contributed by atoms with E-state index in [9.17, 15) is 9.59 Å². The van der Waals surface area contributed by atoms with Crippen LogP contribution in [0.5, 0.6) is 0 Å². The zero-order valence-corrected chi connectivity index (χ0v) is 12.4. The average molecular weight is 246 g/mol. The second-order valence-corrected chi connectivity index (χ2v) is 2.76. The number of hydrogen-bond donors (Lipinski definition) is 2. The predicted octanol–water partition coefficient (Wildman–Crippen LogP) is 2.48. The quantitative estimate of drug-likeness (QED) is 0.707. The molecule has 0 fully saturated rings. The third-order valence-corrected chi connectivity index (χ3v) is 1.64. The summed E-state index contributed by atoms with van der Waals surface area (Å²) in [4.78, 5) is 21.5. The fourth-order valence-electron chi connectivity index (χ4n) is 0.794. The number of carbonyl (C=O) groups is 2. The fourth-order valence-corrected chi connectivity index (χ4v) is 0.794. The van der Waals surface area contributed by atoms with Gasteiger partial charge in [-0.2, -0.15) is 0 Å². The largest absolute Gasteiger partial charge is 0.356 e. The number of carbonyl (C=O) groups excluding carboxylic acids is 2. The third-order valence-electron chi connectivity index (χ3n) is 1.64. The Morgan fingerprint density at radius 2 is 1.06 bits per heavy atom. The van der Waals surface area contributed by atoms with E-state index in [1.54, 1.807) is 0 Å². The Kier molecular flexibility index (Phi) is 25.5. The molecule has 0 aliphatic rings. The highest BCUT2D eigenvalue weighted by atomic mass is 16.2. The molecule has 2 amide bonds. The highest BCUT2D eigenvalue weighted by Gasteiger charge is 1.96. The first kappa shape index (κ1) is 21.2. The van der Waals surface area contributed by atoms with Gasteiger partial charge in [0.1, 0.15) is 0 Å². The maximum atomic E-state index is 10.8. The van der Waals surface area contributed by atoms with Crippen LogP contribution in [-0.2, 0) is 9.59 Å². The molecule has 4 heteroatoms. The van der Waals surface area contributed by atoms with Crippen molar-refractivity contribution in [2.75, 3.05) is 13.1 Å². The normalized spacial score (nSPS) is 7.88. The molecule has 0 spiro atoms. The van der Waals surface area contributed by atoms with Crippen LogP contribution in [0.2, 0.25) is 0 Å². The van der Waals surface area contributed by atoms with Crippen molar-refractivity contribution in [2.45, 2.75) is 60.8 Å². The van der Waals surface area contributed by atoms with Gasteiger partial charge in [0.2, 0.25) is 11.8 Å². The molecular weight excluding hydrogens is 216 g/mol. The smallest absolute Gasteiger partial charge is 0.219 e. The highest BCUT2D eigenvalue weighted by molar-refractivity contribution is 5.76. The Labute approximate surface area is 107 Å². The number of hydrogen-bond acceptors (Lipinski definition) is 2. The van der Waals surface area contributed by atoms with Crippen molar-refractivity contribution in [1.29, 1.82) is 0 Å². The second kappa shape index (κ2) is 20.4. The zero-order chi connectivity index (χ0) is 14.1. The summed E-state index contributed by atoms with van der Waals surface area (Å²) in [6, 6.07) is 0. The van der Waals surface area contributed by atoms with Gasteiger partial charge >= 0.3 is 0 Å². The van der Waals surface area contributed by atoms with Crippen molar-refractivity contribution in [3.63, 3.8) is 0 Å². The van der Waals surface area contributed by atoms with Crippen molar-refractivity contribution < 1.29 is 9.59 Å². The van der Waals surface area contributed by atoms with Crippen molar-refractivity contribution in [2.24, 2.45) is 0 Å². The van der Waals surface area contributed by atoms with Crippen LogP contribution in [0.3, 0.4) is 0 Å². The van der Waals surface area contributed by atoms with Crippen LogP contribution >= 0.6 is 0 Å². The van der Waals surface area contributed by atoms with E-state index in [1.807, 2.05) is 41.5 Å². The topological polar surface area (TPSA) is 58.2 Å². The van der Waals surface area contributed by atoms with Gasteiger partial charge in [-0.05, 0) is 6.42 Å². The average Bonchev–Trinajstić information content (AvgIpc) is 2.42. The molecule has 0 saturated carbocycles. The Balaban J connectivity index is -0.000000439. The molecule has 0 radical (unpaired) electrons. The molecule has 104 valence electrons. The maximum absolute atomic E-state index is 10.8. The SMILES string of the molecule is CC.CC.CCC(=O)NCCCNC(=O)CC. The molecule has 0 aromatic rings. The van der Waals surface area contributed by atoms with Crippen molar-refractivity contribution in [1.82, 2.24) is 10.6 Å². The van der Waals surface area contributed by atoms with Crippen LogP contribution in [0.25, 0.3) is 0 Å². The van der Waals surface area contributed by atoms with E-state index in [4.69, 9.17) is 0 Å². The van der Waals surface area contributed by atoms with Crippen LogP contribution in [0.15, 0.2) is 0 Å². The van der Waals surface area contributed by atoms with Gasteiger partial charge in [-0.15, -0.1) is 0 Å². The van der Waals surface area contributed by atoms with Crippen LogP contribution in [0, 0.1) is 0 Å². The standard InChI is InChI=1S/C9H18N2O2.2C2H6/c1-3-8(12)10-6-5-7-11-9(13)4-2;2*1-2/h3-7H2,1-2H3,(H,10,12)(H,11,13);2*1-2H3. The molecule has 0 atom stereocenters. The van der Waals surface area contributed by atoms with E-state index >= 15 is 0 Å². The van der Waals surface area contributed by atoms with Gasteiger partial charge in [0.05, 0.1) is 0 Å². The van der Waals surface area contributed by atoms with Crippen LogP contribution < -0.4 is 10.6 Å². The molecule has 17 heavy (non-hydrogen) atoms. The number of rotatable bonds is 6. The Bertz CT molecular complexity index is 153.